The van der Waals surface area contributed by atoms with Crippen LogP contribution in [-0.2, 0) is 0 Å². The van der Waals surface area contributed by atoms with Crippen LogP contribution in [0.4, 0.5) is 0 Å². The first-order valence-electron chi connectivity index (χ1n) is 4.21. The van der Waals surface area contributed by atoms with Crippen molar-refractivity contribution in [2.75, 3.05) is 0 Å². The van der Waals surface area contributed by atoms with E-state index in [0.29, 0.717) is 0 Å². The molecule has 60 valence electrons. The summed E-state index contributed by atoms with van der Waals surface area (Å²) in [6.07, 6.45) is 3.13. The molecule has 0 aliphatic rings. The molecule has 0 rings (SSSR count). The topological polar surface area (TPSA) is 0 Å². The van der Waals surface area contributed by atoms with Crippen molar-refractivity contribution in [3.05, 3.63) is 0 Å². The molecule has 0 N–H and O–H groups in total. The van der Waals surface area contributed by atoms with Crippen LogP contribution >= 0.6 is 0 Å². The Labute approximate surface area is 80.3 Å². The first kappa shape index (κ1) is 11.6. The third-order valence-electron chi connectivity index (χ3n) is 1.60. The molecule has 0 spiro atoms. The third-order valence-corrected chi connectivity index (χ3v) is 9.33. The van der Waals surface area contributed by atoms with Gasteiger partial charge in [0, 0.05) is 0 Å². The van der Waals surface area contributed by atoms with Crippen molar-refractivity contribution >= 4 is 39.5 Å². The molecule has 0 aromatic carbocycles. The first-order chi connectivity index (χ1) is 4.63. The SMILES string of the molecule is [CH3][Sn]([CH3])[CH2]CC[CH2][Sn]([CH3])[CH3]. The average Bonchev–Trinajstić information content (AvgIpc) is 1.79. The Kier molecular flexibility index (Phi) is 8.42. The van der Waals surface area contributed by atoms with Gasteiger partial charge < -0.3 is 0 Å². The average molecular weight is 354 g/mol. The van der Waals surface area contributed by atoms with Gasteiger partial charge in [-0.3, -0.25) is 0 Å². The first-order valence-corrected chi connectivity index (χ1v) is 19.7. The zero-order valence-corrected chi connectivity index (χ0v) is 13.5. The van der Waals surface area contributed by atoms with Crippen molar-refractivity contribution in [1.29, 1.82) is 0 Å². The molecule has 2 radical (unpaired) electrons. The maximum absolute atomic E-state index is 2.51. The van der Waals surface area contributed by atoms with E-state index in [1.165, 1.54) is 0 Å². The molecule has 0 fully saturated rings. The van der Waals surface area contributed by atoms with Gasteiger partial charge in [-0.25, -0.2) is 0 Å². The van der Waals surface area contributed by atoms with Crippen LogP contribution in [0.5, 0.6) is 0 Å². The van der Waals surface area contributed by atoms with Crippen LogP contribution in [0.2, 0.25) is 28.6 Å². The molecular formula is C8H20Sn2. The zero-order chi connectivity index (χ0) is 7.98. The Morgan fingerprint density at radius 2 is 1.00 bits per heavy atom. The van der Waals surface area contributed by atoms with Crippen molar-refractivity contribution in [3.63, 3.8) is 0 Å². The second-order valence-electron chi connectivity index (χ2n) is 3.62. The van der Waals surface area contributed by atoms with Crippen LogP contribution in [0.3, 0.4) is 0 Å². The standard InChI is InChI=1S/C4H8.4CH3.2Sn/c1-3-4-2;;;;;;/h1-4H2;4*1H3;;. The van der Waals surface area contributed by atoms with E-state index in [-0.39, 0.29) is 0 Å². The molecule has 0 aromatic rings. The van der Waals surface area contributed by atoms with Crippen LogP contribution in [0.25, 0.3) is 0 Å². The van der Waals surface area contributed by atoms with Gasteiger partial charge in [-0.05, 0) is 0 Å². The van der Waals surface area contributed by atoms with Crippen LogP contribution < -0.4 is 0 Å². The van der Waals surface area contributed by atoms with Gasteiger partial charge in [-0.2, -0.15) is 0 Å². The second-order valence-corrected chi connectivity index (χ2v) is 20.3. The number of hydrogen-bond donors (Lipinski definition) is 0. The van der Waals surface area contributed by atoms with Crippen LogP contribution in [0.1, 0.15) is 12.8 Å². The molecule has 10 heavy (non-hydrogen) atoms. The molecule has 0 aromatic heterocycles. The molecule has 0 unspecified atom stereocenters. The number of rotatable bonds is 5. The quantitative estimate of drug-likeness (QED) is 0.526. The second kappa shape index (κ2) is 7.26. The fourth-order valence-electron chi connectivity index (χ4n) is 0.957. The molecule has 0 bridgehead atoms. The van der Waals surface area contributed by atoms with Crippen LogP contribution in [-0.4, -0.2) is 39.5 Å². The van der Waals surface area contributed by atoms with Gasteiger partial charge in [0.15, 0.2) is 0 Å². The summed E-state index contributed by atoms with van der Waals surface area (Å²) in [6, 6.07) is 0. The zero-order valence-electron chi connectivity index (χ0n) is 7.83. The van der Waals surface area contributed by atoms with Gasteiger partial charge >= 0.3 is 81.0 Å². The molecule has 0 atom stereocenters. The minimum atomic E-state index is -0.681. The minimum absolute atomic E-state index is 0.681. The van der Waals surface area contributed by atoms with Gasteiger partial charge in [0.25, 0.3) is 0 Å². The van der Waals surface area contributed by atoms with Crippen molar-refractivity contribution in [2.24, 2.45) is 0 Å². The molecule has 0 heterocycles. The summed E-state index contributed by atoms with van der Waals surface area (Å²) in [5.41, 5.74) is 0. The number of hydrogen-bond acceptors (Lipinski definition) is 0. The Morgan fingerprint density at radius 3 is 1.20 bits per heavy atom. The fourth-order valence-corrected chi connectivity index (χ4v) is 6.42. The molecule has 0 nitrogen and oxygen atoms in total. The number of unbranched alkanes of at least 4 members (excludes halogenated alkanes) is 1. The van der Waals surface area contributed by atoms with Crippen LogP contribution in [0, 0.1) is 0 Å². The van der Waals surface area contributed by atoms with E-state index >= 15 is 0 Å². The van der Waals surface area contributed by atoms with Gasteiger partial charge in [0.2, 0.25) is 0 Å². The summed E-state index contributed by atoms with van der Waals surface area (Å²) in [5, 5.41) is 0. The predicted molar refractivity (Wildman–Crippen MR) is 53.8 cm³/mol. The van der Waals surface area contributed by atoms with E-state index in [2.05, 4.69) is 19.8 Å². The molecule has 2 heteroatoms. The summed E-state index contributed by atoms with van der Waals surface area (Å²) in [5.74, 6) is 0. The van der Waals surface area contributed by atoms with E-state index in [4.69, 9.17) is 0 Å². The Morgan fingerprint density at radius 1 is 0.700 bits per heavy atom. The Hall–Kier alpha value is 1.60. The van der Waals surface area contributed by atoms with Gasteiger partial charge in [-0.1, -0.05) is 0 Å². The molecule has 0 aliphatic carbocycles. The fraction of sp³-hybridized carbons (Fsp3) is 1.00. The van der Waals surface area contributed by atoms with E-state index in [0.717, 1.165) is 0 Å². The maximum atomic E-state index is 2.51. The molecular weight excluding hydrogens is 334 g/mol. The van der Waals surface area contributed by atoms with Gasteiger partial charge in [0.05, 0.1) is 0 Å². The van der Waals surface area contributed by atoms with Gasteiger partial charge in [-0.15, -0.1) is 0 Å². The van der Waals surface area contributed by atoms with E-state index in [9.17, 15) is 0 Å². The van der Waals surface area contributed by atoms with Crippen molar-refractivity contribution in [1.82, 2.24) is 0 Å². The third kappa shape index (κ3) is 9.60. The summed E-state index contributed by atoms with van der Waals surface area (Å²) in [4.78, 5) is 10.1. The Bertz CT molecular complexity index is 59.7. The monoisotopic (exact) mass is 356 g/mol. The summed E-state index contributed by atoms with van der Waals surface area (Å²) >= 11 is -1.36. The van der Waals surface area contributed by atoms with Crippen molar-refractivity contribution in [2.45, 2.75) is 41.5 Å². The van der Waals surface area contributed by atoms with Crippen molar-refractivity contribution in [3.8, 4) is 0 Å². The molecule has 0 amide bonds. The Balaban J connectivity index is 2.91. The van der Waals surface area contributed by atoms with Crippen LogP contribution in [0.15, 0.2) is 0 Å². The molecule has 0 aliphatic heterocycles. The predicted octanol–water partition coefficient (Wildman–Crippen LogP) is 3.28. The normalized spacial score (nSPS) is 11.4. The van der Waals surface area contributed by atoms with E-state index in [1.54, 1.807) is 21.7 Å². The molecule has 0 saturated heterocycles. The van der Waals surface area contributed by atoms with E-state index < -0.39 is 39.5 Å². The summed E-state index contributed by atoms with van der Waals surface area (Å²) < 4.78 is 3.28. The summed E-state index contributed by atoms with van der Waals surface area (Å²) in [6.45, 7) is 0. The summed E-state index contributed by atoms with van der Waals surface area (Å²) in [7, 11) is 0. The van der Waals surface area contributed by atoms with E-state index in [1.807, 2.05) is 0 Å². The molecule has 0 saturated carbocycles. The van der Waals surface area contributed by atoms with Gasteiger partial charge in [0.1, 0.15) is 0 Å². The van der Waals surface area contributed by atoms with Crippen molar-refractivity contribution < 1.29 is 0 Å².